The van der Waals surface area contributed by atoms with Crippen LogP contribution >= 0.6 is 0 Å². The molecule has 1 aliphatic heterocycles. The van der Waals surface area contributed by atoms with Crippen molar-refractivity contribution in [1.82, 2.24) is 0 Å². The molecule has 1 unspecified atom stereocenters. The van der Waals surface area contributed by atoms with Crippen LogP contribution in [0.3, 0.4) is 0 Å². The highest BCUT2D eigenvalue weighted by Crippen LogP contribution is 2.36. The van der Waals surface area contributed by atoms with Gasteiger partial charge in [0, 0.05) is 19.2 Å². The number of rotatable bonds is 8. The fraction of sp³-hybridized carbons (Fsp3) is 0.500. The number of fused-ring (bicyclic) bond motifs is 1. The highest BCUT2D eigenvalue weighted by atomic mass is 16.8. The number of nitrogens with zero attached hydrogens (tertiary/aromatic N) is 1. The van der Waals surface area contributed by atoms with E-state index in [9.17, 15) is 19.4 Å². The number of para-hydroxylation sites is 1. The van der Waals surface area contributed by atoms with E-state index in [4.69, 9.17) is 25.4 Å². The van der Waals surface area contributed by atoms with Gasteiger partial charge < -0.3 is 28.7 Å². The van der Waals surface area contributed by atoms with E-state index < -0.39 is 31.4 Å². The SMILES string of the molecule is [C-]#[N+]CCC(=O)C[C@H]1Cc2cccc(C(=O)OC(C)OC(=O)OC(C)C)c2OB1O. The number of carbonyl (C=O) groups excluding carboxylic acids is 3. The maximum Gasteiger partial charge on any atom is 0.526 e. The standard InChI is InChI=1S/C20H24BNO8/c1-12(2)27-20(25)29-13(3)28-19(24)17-7-5-6-14-10-15(21(26)30-18(14)17)11-16(23)8-9-22-4/h5-7,12-13,15,26H,8-11H2,1-3H3/t13?,15-/m1/s1. The minimum Gasteiger partial charge on any atom is -0.535 e. The number of hydrogen-bond donors (Lipinski definition) is 1. The van der Waals surface area contributed by atoms with Crippen molar-refractivity contribution < 1.29 is 38.3 Å². The molecule has 0 saturated carbocycles. The van der Waals surface area contributed by atoms with E-state index in [-0.39, 0.29) is 42.6 Å². The molecule has 1 N–H and O–H groups in total. The van der Waals surface area contributed by atoms with Crippen LogP contribution in [0.4, 0.5) is 4.79 Å². The van der Waals surface area contributed by atoms with Gasteiger partial charge in [-0.2, -0.15) is 0 Å². The lowest BCUT2D eigenvalue weighted by atomic mass is 9.64. The molecule has 0 fully saturated rings. The summed E-state index contributed by atoms with van der Waals surface area (Å²) in [6.07, 6.45) is -2.00. The Bertz CT molecular complexity index is 835. The molecule has 0 aromatic heterocycles. The van der Waals surface area contributed by atoms with Gasteiger partial charge in [0.1, 0.15) is 17.1 Å². The van der Waals surface area contributed by atoms with Gasteiger partial charge in [-0.1, -0.05) is 12.1 Å². The van der Waals surface area contributed by atoms with Gasteiger partial charge in [-0.15, -0.1) is 0 Å². The molecule has 0 spiro atoms. The van der Waals surface area contributed by atoms with Crippen molar-refractivity contribution in [1.29, 1.82) is 0 Å². The molecular formula is C20H24BNO8. The van der Waals surface area contributed by atoms with Gasteiger partial charge in [0.2, 0.25) is 12.8 Å². The first-order chi connectivity index (χ1) is 14.2. The van der Waals surface area contributed by atoms with Crippen LogP contribution in [0.15, 0.2) is 18.2 Å². The van der Waals surface area contributed by atoms with E-state index in [1.54, 1.807) is 26.0 Å². The van der Waals surface area contributed by atoms with Gasteiger partial charge in [0.05, 0.1) is 12.5 Å². The molecular weight excluding hydrogens is 393 g/mol. The lowest BCUT2D eigenvalue weighted by Gasteiger charge is -2.28. The van der Waals surface area contributed by atoms with Crippen molar-refractivity contribution >= 4 is 25.0 Å². The molecule has 160 valence electrons. The van der Waals surface area contributed by atoms with Gasteiger partial charge >= 0.3 is 19.2 Å². The summed E-state index contributed by atoms with van der Waals surface area (Å²) in [5.41, 5.74) is 0.711. The average Bonchev–Trinajstić information content (AvgIpc) is 2.65. The van der Waals surface area contributed by atoms with Crippen LogP contribution in [0.1, 0.15) is 49.5 Å². The molecule has 1 aromatic rings. The van der Waals surface area contributed by atoms with Gasteiger partial charge in [0.15, 0.2) is 0 Å². The molecule has 0 bridgehead atoms. The van der Waals surface area contributed by atoms with Crippen molar-refractivity contribution in [2.45, 2.75) is 58.2 Å². The lowest BCUT2D eigenvalue weighted by Crippen LogP contribution is -2.36. The topological polar surface area (TPSA) is 113 Å². The molecule has 0 saturated heterocycles. The third-order valence-electron chi connectivity index (χ3n) is 4.30. The summed E-state index contributed by atoms with van der Waals surface area (Å²) >= 11 is 0. The summed E-state index contributed by atoms with van der Waals surface area (Å²) in [6, 6.07) is 4.83. The minimum absolute atomic E-state index is 0.0667. The number of ketones is 1. The van der Waals surface area contributed by atoms with Crippen LogP contribution in [0.2, 0.25) is 5.82 Å². The maximum absolute atomic E-state index is 12.5. The van der Waals surface area contributed by atoms with Crippen molar-refractivity contribution in [3.05, 3.63) is 40.7 Å². The molecule has 1 aliphatic rings. The van der Waals surface area contributed by atoms with E-state index in [0.29, 0.717) is 12.0 Å². The molecule has 2 atom stereocenters. The summed E-state index contributed by atoms with van der Waals surface area (Å²) in [5.74, 6) is -1.24. The van der Waals surface area contributed by atoms with Crippen LogP contribution in [0.5, 0.6) is 5.75 Å². The predicted molar refractivity (Wildman–Crippen MR) is 106 cm³/mol. The van der Waals surface area contributed by atoms with Gasteiger partial charge in [-0.05, 0) is 31.9 Å². The fourth-order valence-electron chi connectivity index (χ4n) is 2.99. The summed E-state index contributed by atoms with van der Waals surface area (Å²) in [5, 5.41) is 10.3. The fourth-order valence-corrected chi connectivity index (χ4v) is 2.99. The monoisotopic (exact) mass is 417 g/mol. The summed E-state index contributed by atoms with van der Waals surface area (Å²) < 4.78 is 20.3. The van der Waals surface area contributed by atoms with Crippen LogP contribution in [0, 0.1) is 6.57 Å². The summed E-state index contributed by atoms with van der Waals surface area (Å²) in [4.78, 5) is 39.1. The van der Waals surface area contributed by atoms with E-state index in [1.807, 2.05) is 0 Å². The summed E-state index contributed by atoms with van der Waals surface area (Å²) in [7, 11) is -1.28. The highest BCUT2D eigenvalue weighted by Gasteiger charge is 2.38. The second-order valence-corrected chi connectivity index (χ2v) is 7.15. The van der Waals surface area contributed by atoms with Crippen molar-refractivity contribution in [2.75, 3.05) is 6.54 Å². The van der Waals surface area contributed by atoms with Crippen LogP contribution in [-0.2, 0) is 25.4 Å². The maximum atomic E-state index is 12.5. The zero-order valence-electron chi connectivity index (χ0n) is 17.1. The van der Waals surface area contributed by atoms with E-state index in [0.717, 1.165) is 0 Å². The minimum atomic E-state index is -1.28. The molecule has 0 aliphatic carbocycles. The number of esters is 1. The molecule has 9 nitrogen and oxygen atoms in total. The third kappa shape index (κ3) is 6.49. The van der Waals surface area contributed by atoms with Gasteiger partial charge in [-0.25, -0.2) is 16.2 Å². The molecule has 2 rings (SSSR count). The van der Waals surface area contributed by atoms with Gasteiger partial charge in [-0.3, -0.25) is 4.79 Å². The van der Waals surface area contributed by atoms with E-state index in [1.165, 1.54) is 13.0 Å². The number of benzene rings is 1. The van der Waals surface area contributed by atoms with Crippen molar-refractivity contribution in [3.8, 4) is 5.75 Å². The first-order valence-electron chi connectivity index (χ1n) is 9.61. The Kier molecular flexibility index (Phi) is 8.24. The number of hydrogen-bond acceptors (Lipinski definition) is 8. The normalized spacial score (nSPS) is 16.0. The molecule has 1 aromatic carbocycles. The Hall–Kier alpha value is -3.06. The highest BCUT2D eigenvalue weighted by molar-refractivity contribution is 6.47. The zero-order valence-corrected chi connectivity index (χ0v) is 17.1. The number of ether oxygens (including phenoxy) is 3. The molecule has 10 heteroatoms. The van der Waals surface area contributed by atoms with Crippen LogP contribution < -0.4 is 4.65 Å². The lowest BCUT2D eigenvalue weighted by molar-refractivity contribution is -0.119. The number of carbonyl (C=O) groups is 3. The third-order valence-corrected chi connectivity index (χ3v) is 4.30. The Morgan fingerprint density at radius 2 is 2.00 bits per heavy atom. The molecule has 0 amide bonds. The van der Waals surface area contributed by atoms with Crippen LogP contribution in [-0.4, -0.2) is 49.0 Å². The second-order valence-electron chi connectivity index (χ2n) is 7.15. The Morgan fingerprint density at radius 1 is 1.27 bits per heavy atom. The largest absolute Gasteiger partial charge is 0.535 e. The molecule has 1 heterocycles. The predicted octanol–water partition coefficient (Wildman–Crippen LogP) is 2.81. The zero-order chi connectivity index (χ0) is 22.3. The second kappa shape index (κ2) is 10.6. The van der Waals surface area contributed by atoms with Crippen molar-refractivity contribution in [2.24, 2.45) is 0 Å². The van der Waals surface area contributed by atoms with Crippen molar-refractivity contribution in [3.63, 3.8) is 0 Å². The molecule has 30 heavy (non-hydrogen) atoms. The average molecular weight is 417 g/mol. The van der Waals surface area contributed by atoms with E-state index >= 15 is 0 Å². The quantitative estimate of drug-likeness (QED) is 0.297. The Balaban J connectivity index is 2.05. The smallest absolute Gasteiger partial charge is 0.526 e. The Morgan fingerprint density at radius 3 is 2.67 bits per heavy atom. The first kappa shape index (κ1) is 23.2. The van der Waals surface area contributed by atoms with E-state index in [2.05, 4.69) is 4.85 Å². The number of Topliss-reactive ketones (excluding diaryl/α,β-unsaturated/α-hetero) is 1. The van der Waals surface area contributed by atoms with Crippen LogP contribution in [0.25, 0.3) is 4.85 Å². The molecule has 0 radical (unpaired) electrons. The van der Waals surface area contributed by atoms with Gasteiger partial charge in [0.25, 0.3) is 0 Å². The first-order valence-corrected chi connectivity index (χ1v) is 9.61. The summed E-state index contributed by atoms with van der Waals surface area (Å²) in [6.45, 7) is 11.5. The Labute approximate surface area is 175 Å².